The number of benzene rings is 3. The van der Waals surface area contributed by atoms with Crippen LogP contribution in [0.1, 0.15) is 27.7 Å². The Kier molecular flexibility index (Phi) is 3.63. The number of ketones is 1. The number of nitriles is 1. The predicted molar refractivity (Wildman–Crippen MR) is 107 cm³/mol. The van der Waals surface area contributed by atoms with Crippen LogP contribution in [0, 0.1) is 17.2 Å². The summed E-state index contributed by atoms with van der Waals surface area (Å²) in [7, 11) is 0. The van der Waals surface area contributed by atoms with E-state index in [1.165, 1.54) is 0 Å². The van der Waals surface area contributed by atoms with Gasteiger partial charge in [0.05, 0.1) is 23.0 Å². The molecule has 134 valence electrons. The van der Waals surface area contributed by atoms with Crippen molar-refractivity contribution in [2.24, 2.45) is 5.92 Å². The monoisotopic (exact) mass is 363 g/mol. The second-order valence-electron chi connectivity index (χ2n) is 7.18. The topological polar surface area (TPSA) is 69.5 Å². The van der Waals surface area contributed by atoms with E-state index in [4.69, 9.17) is 0 Å². The van der Waals surface area contributed by atoms with Gasteiger partial charge in [0.15, 0.2) is 5.78 Å². The number of H-pyrrole nitrogens is 1. The molecular formula is C24H17N3O. The molecule has 0 radical (unpaired) electrons. The first-order valence-electron chi connectivity index (χ1n) is 9.26. The number of Topliss-reactive ketones (excluding diaryl/α,β-unsaturated/α-hetero) is 1. The van der Waals surface area contributed by atoms with Crippen LogP contribution >= 0.6 is 0 Å². The molecule has 4 nitrogen and oxygen atoms in total. The molecule has 3 aromatic carbocycles. The van der Waals surface area contributed by atoms with Crippen molar-refractivity contribution in [3.63, 3.8) is 0 Å². The minimum absolute atomic E-state index is 0.0172. The third kappa shape index (κ3) is 2.30. The van der Waals surface area contributed by atoms with Crippen molar-refractivity contribution in [3.8, 4) is 6.07 Å². The van der Waals surface area contributed by atoms with Gasteiger partial charge >= 0.3 is 0 Å². The number of rotatable bonds is 4. The average molecular weight is 363 g/mol. The Morgan fingerprint density at radius 1 is 0.929 bits per heavy atom. The highest BCUT2D eigenvalue weighted by molar-refractivity contribution is 6.03. The van der Waals surface area contributed by atoms with Gasteiger partial charge in [-0.1, -0.05) is 72.8 Å². The van der Waals surface area contributed by atoms with E-state index < -0.39 is 11.3 Å². The van der Waals surface area contributed by atoms with Crippen LogP contribution in [0.5, 0.6) is 0 Å². The van der Waals surface area contributed by atoms with Crippen molar-refractivity contribution in [3.05, 3.63) is 102 Å². The van der Waals surface area contributed by atoms with Gasteiger partial charge in [-0.05, 0) is 17.7 Å². The minimum Gasteiger partial charge on any atom is -0.341 e. The first-order valence-corrected chi connectivity index (χ1v) is 9.26. The third-order valence-electron chi connectivity index (χ3n) is 5.67. The number of imidazole rings is 1. The van der Waals surface area contributed by atoms with Crippen LogP contribution in [0.25, 0.3) is 11.0 Å². The molecule has 1 aliphatic rings. The fourth-order valence-corrected chi connectivity index (χ4v) is 4.28. The zero-order valence-corrected chi connectivity index (χ0v) is 15.0. The number of fused-ring (bicyclic) bond motifs is 1. The van der Waals surface area contributed by atoms with Crippen molar-refractivity contribution in [2.75, 3.05) is 0 Å². The normalized spacial score (nSPS) is 23.2. The molecule has 0 unspecified atom stereocenters. The standard InChI is InChI=1S/C24H17N3O/c25-15-24(23-26-18-13-7-8-14-19(18)27-23)20(16-9-3-1-4-10-16)21(24)22(28)17-11-5-2-6-12-17/h1-14,20-21H,(H,26,27)/t20-,21+,24+/m0/s1. The first kappa shape index (κ1) is 16.5. The van der Waals surface area contributed by atoms with Crippen LogP contribution in [0.3, 0.4) is 0 Å². The van der Waals surface area contributed by atoms with Crippen LogP contribution in [0.2, 0.25) is 0 Å². The summed E-state index contributed by atoms with van der Waals surface area (Å²) in [6.45, 7) is 0. The van der Waals surface area contributed by atoms with E-state index in [2.05, 4.69) is 16.0 Å². The molecule has 28 heavy (non-hydrogen) atoms. The molecule has 3 atom stereocenters. The molecule has 5 rings (SSSR count). The summed E-state index contributed by atoms with van der Waals surface area (Å²) in [5.41, 5.74) is 2.29. The maximum atomic E-state index is 13.4. The Hall–Kier alpha value is -3.71. The number of nitrogens with one attached hydrogen (secondary N) is 1. The van der Waals surface area contributed by atoms with Gasteiger partial charge in [-0.15, -0.1) is 0 Å². The van der Waals surface area contributed by atoms with E-state index in [-0.39, 0.29) is 11.7 Å². The van der Waals surface area contributed by atoms with Crippen molar-refractivity contribution < 1.29 is 4.79 Å². The Morgan fingerprint density at radius 2 is 1.57 bits per heavy atom. The number of nitrogens with zero attached hydrogens (tertiary/aromatic N) is 2. The lowest BCUT2D eigenvalue weighted by atomic mass is 9.98. The van der Waals surface area contributed by atoms with E-state index >= 15 is 0 Å². The highest BCUT2D eigenvalue weighted by Gasteiger charge is 2.72. The summed E-state index contributed by atoms with van der Waals surface area (Å²) < 4.78 is 0. The quantitative estimate of drug-likeness (QED) is 0.538. The second-order valence-corrected chi connectivity index (χ2v) is 7.18. The fourth-order valence-electron chi connectivity index (χ4n) is 4.28. The maximum absolute atomic E-state index is 13.4. The molecule has 0 saturated heterocycles. The van der Waals surface area contributed by atoms with Gasteiger partial charge in [0.1, 0.15) is 11.2 Å². The molecule has 4 aromatic rings. The number of carbonyl (C=O) groups excluding carboxylic acids is 1. The van der Waals surface area contributed by atoms with Crippen molar-refractivity contribution >= 4 is 16.8 Å². The Bertz CT molecular complexity index is 1170. The van der Waals surface area contributed by atoms with Gasteiger partial charge in [-0.25, -0.2) is 4.98 Å². The summed E-state index contributed by atoms with van der Waals surface area (Å²) in [5, 5.41) is 10.3. The average Bonchev–Trinajstić information content (AvgIpc) is 3.26. The van der Waals surface area contributed by atoms with Gasteiger partial charge in [0, 0.05) is 11.5 Å². The van der Waals surface area contributed by atoms with E-state index in [1.807, 2.05) is 84.9 Å². The molecule has 1 heterocycles. The third-order valence-corrected chi connectivity index (χ3v) is 5.67. The summed E-state index contributed by atoms with van der Waals surface area (Å²) in [5.74, 6) is -0.148. The molecule has 0 aliphatic heterocycles. The molecule has 1 aromatic heterocycles. The fraction of sp³-hybridized carbons (Fsp3) is 0.125. The van der Waals surface area contributed by atoms with Gasteiger partial charge in [0.2, 0.25) is 0 Å². The maximum Gasteiger partial charge on any atom is 0.168 e. The Balaban J connectivity index is 1.67. The lowest BCUT2D eigenvalue weighted by Crippen LogP contribution is -2.15. The summed E-state index contributed by atoms with van der Waals surface area (Å²) in [6.07, 6.45) is 0. The van der Waals surface area contributed by atoms with E-state index in [9.17, 15) is 10.1 Å². The first-order chi connectivity index (χ1) is 13.8. The molecule has 1 N–H and O–H groups in total. The number of carbonyl (C=O) groups is 1. The van der Waals surface area contributed by atoms with Crippen LogP contribution in [-0.2, 0) is 5.41 Å². The van der Waals surface area contributed by atoms with E-state index in [0.717, 1.165) is 16.6 Å². The molecular weight excluding hydrogens is 346 g/mol. The van der Waals surface area contributed by atoms with Gasteiger partial charge < -0.3 is 4.98 Å². The highest BCUT2D eigenvalue weighted by Crippen LogP contribution is 2.65. The Labute approximate surface area is 162 Å². The molecule has 4 heteroatoms. The number of para-hydroxylation sites is 2. The summed E-state index contributed by atoms with van der Waals surface area (Å²) in [4.78, 5) is 21.3. The largest absolute Gasteiger partial charge is 0.341 e. The SMILES string of the molecule is N#C[C@]1(c2nc3ccccc3[nH]2)[C@@H](C(=O)c2ccccc2)[C@@H]1c1ccccc1. The van der Waals surface area contributed by atoms with Crippen LogP contribution < -0.4 is 0 Å². The molecule has 1 fully saturated rings. The minimum atomic E-state index is -0.993. The van der Waals surface area contributed by atoms with Crippen molar-refractivity contribution in [2.45, 2.75) is 11.3 Å². The number of hydrogen-bond donors (Lipinski definition) is 1. The molecule has 0 bridgehead atoms. The molecule has 1 aliphatic carbocycles. The van der Waals surface area contributed by atoms with Crippen LogP contribution in [0.4, 0.5) is 0 Å². The van der Waals surface area contributed by atoms with E-state index in [0.29, 0.717) is 11.4 Å². The zero-order chi connectivity index (χ0) is 19.1. The molecule has 1 saturated carbocycles. The van der Waals surface area contributed by atoms with E-state index in [1.54, 1.807) is 0 Å². The van der Waals surface area contributed by atoms with Gasteiger partial charge in [0.25, 0.3) is 0 Å². The van der Waals surface area contributed by atoms with Crippen molar-refractivity contribution in [1.29, 1.82) is 5.26 Å². The highest BCUT2D eigenvalue weighted by atomic mass is 16.1. The summed E-state index contributed by atoms with van der Waals surface area (Å²) >= 11 is 0. The second kappa shape index (κ2) is 6.17. The van der Waals surface area contributed by atoms with Crippen molar-refractivity contribution in [1.82, 2.24) is 9.97 Å². The number of aromatic nitrogens is 2. The molecule has 0 amide bonds. The van der Waals surface area contributed by atoms with Crippen LogP contribution in [0.15, 0.2) is 84.9 Å². The van der Waals surface area contributed by atoms with Crippen LogP contribution in [-0.4, -0.2) is 15.8 Å². The summed E-state index contributed by atoms with van der Waals surface area (Å²) in [6, 6.07) is 29.2. The van der Waals surface area contributed by atoms with Gasteiger partial charge in [-0.3, -0.25) is 4.79 Å². The zero-order valence-electron chi connectivity index (χ0n) is 15.0. The lowest BCUT2D eigenvalue weighted by Gasteiger charge is -2.06. The molecule has 0 spiro atoms. The smallest absolute Gasteiger partial charge is 0.168 e. The predicted octanol–water partition coefficient (Wildman–Crippen LogP) is 4.62. The number of aromatic amines is 1. The number of hydrogen-bond acceptors (Lipinski definition) is 3. The van der Waals surface area contributed by atoms with Gasteiger partial charge in [-0.2, -0.15) is 5.26 Å². The Morgan fingerprint density at radius 3 is 2.25 bits per heavy atom. The lowest BCUT2D eigenvalue weighted by molar-refractivity contribution is 0.0959.